The van der Waals surface area contributed by atoms with Gasteiger partial charge in [-0.25, -0.2) is 9.97 Å². The molecule has 0 bridgehead atoms. The topological polar surface area (TPSA) is 72.3 Å². The Morgan fingerprint density at radius 1 is 1.07 bits per heavy atom. The Kier molecular flexibility index (Phi) is 4.75. The third-order valence-corrected chi connectivity index (χ3v) is 4.54. The molecule has 6 heteroatoms. The average molecular weight is 354 g/mol. The van der Waals surface area contributed by atoms with Crippen LogP contribution >= 0.6 is 0 Å². The number of hydrogen-bond donors (Lipinski definition) is 0. The molecular formula is C21H18N6. The second-order valence-electron chi connectivity index (χ2n) is 6.22. The number of benzene rings is 2. The van der Waals surface area contributed by atoms with E-state index in [1.807, 2.05) is 47.3 Å². The van der Waals surface area contributed by atoms with E-state index in [4.69, 9.17) is 0 Å². The number of nitrogens with zero attached hydrogens (tertiary/aromatic N) is 6. The summed E-state index contributed by atoms with van der Waals surface area (Å²) in [6.07, 6.45) is 7.92. The highest BCUT2D eigenvalue weighted by Crippen LogP contribution is 2.29. The Morgan fingerprint density at radius 2 is 1.96 bits per heavy atom. The molecule has 0 saturated heterocycles. The Hall–Kier alpha value is -3.72. The van der Waals surface area contributed by atoms with E-state index in [-0.39, 0.29) is 6.04 Å². The second kappa shape index (κ2) is 7.67. The molecule has 4 rings (SSSR count). The molecule has 0 aliphatic heterocycles. The lowest BCUT2D eigenvalue weighted by Crippen LogP contribution is -2.14. The van der Waals surface area contributed by atoms with Gasteiger partial charge in [0, 0.05) is 24.5 Å². The van der Waals surface area contributed by atoms with E-state index < -0.39 is 0 Å². The van der Waals surface area contributed by atoms with Gasteiger partial charge < -0.3 is 4.57 Å². The van der Waals surface area contributed by atoms with Gasteiger partial charge in [0.25, 0.3) is 0 Å². The number of imidazole rings is 1. The Morgan fingerprint density at radius 3 is 2.74 bits per heavy atom. The lowest BCUT2D eigenvalue weighted by atomic mass is 10.0. The van der Waals surface area contributed by atoms with Crippen molar-refractivity contribution < 1.29 is 0 Å². The van der Waals surface area contributed by atoms with Crippen LogP contribution in [0.4, 0.5) is 0 Å². The second-order valence-corrected chi connectivity index (χ2v) is 6.22. The molecular weight excluding hydrogens is 336 g/mol. The number of aromatic nitrogens is 5. The molecule has 132 valence electrons. The predicted molar refractivity (Wildman–Crippen MR) is 102 cm³/mol. The summed E-state index contributed by atoms with van der Waals surface area (Å²) in [5, 5.41) is 13.4. The van der Waals surface area contributed by atoms with Crippen molar-refractivity contribution in [2.24, 2.45) is 0 Å². The van der Waals surface area contributed by atoms with Gasteiger partial charge >= 0.3 is 0 Å². The van der Waals surface area contributed by atoms with Crippen LogP contribution in [0.15, 0.2) is 79.6 Å². The van der Waals surface area contributed by atoms with Gasteiger partial charge in [-0.3, -0.25) is 4.68 Å². The van der Waals surface area contributed by atoms with Crippen LogP contribution in [-0.4, -0.2) is 24.3 Å². The maximum atomic E-state index is 9.21. The van der Waals surface area contributed by atoms with Crippen LogP contribution in [0.3, 0.4) is 0 Å². The van der Waals surface area contributed by atoms with Crippen molar-refractivity contribution in [2.75, 3.05) is 0 Å². The number of nitriles is 1. The molecule has 0 radical (unpaired) electrons. The number of hydrogen-bond acceptors (Lipinski definition) is 4. The van der Waals surface area contributed by atoms with Crippen LogP contribution in [0.5, 0.6) is 0 Å². The first-order chi connectivity index (χ1) is 13.3. The Bertz CT molecular complexity index is 1040. The molecule has 6 nitrogen and oxygen atoms in total. The fraction of sp³-hybridized carbons (Fsp3) is 0.143. The highest BCUT2D eigenvalue weighted by Gasteiger charge is 2.18. The summed E-state index contributed by atoms with van der Waals surface area (Å²) in [5.74, 6) is 0.847. The zero-order valence-corrected chi connectivity index (χ0v) is 14.7. The van der Waals surface area contributed by atoms with Crippen LogP contribution in [0.1, 0.15) is 23.6 Å². The lowest BCUT2D eigenvalue weighted by molar-refractivity contribution is 0.471. The molecule has 2 heterocycles. The summed E-state index contributed by atoms with van der Waals surface area (Å²) >= 11 is 0. The van der Waals surface area contributed by atoms with E-state index in [0.717, 1.165) is 24.4 Å². The van der Waals surface area contributed by atoms with Gasteiger partial charge in [-0.1, -0.05) is 42.5 Å². The SMILES string of the molecule is N#Cc1cccc(-c2nccn2[C@@H](CCn2cncn2)c2ccccc2)c1. The minimum atomic E-state index is 0.0960. The van der Waals surface area contributed by atoms with Crippen molar-refractivity contribution in [3.63, 3.8) is 0 Å². The first-order valence-corrected chi connectivity index (χ1v) is 8.76. The normalized spacial score (nSPS) is 11.8. The third kappa shape index (κ3) is 3.62. The lowest BCUT2D eigenvalue weighted by Gasteiger charge is -2.21. The van der Waals surface area contributed by atoms with Gasteiger partial charge in [-0.2, -0.15) is 10.4 Å². The monoisotopic (exact) mass is 354 g/mol. The largest absolute Gasteiger partial charge is 0.323 e. The molecule has 0 unspecified atom stereocenters. The molecule has 0 fully saturated rings. The van der Waals surface area contributed by atoms with Gasteiger partial charge in [0.2, 0.25) is 0 Å². The molecule has 1 atom stereocenters. The molecule has 27 heavy (non-hydrogen) atoms. The van der Waals surface area contributed by atoms with Gasteiger partial charge in [-0.05, 0) is 24.1 Å². The van der Waals surface area contributed by atoms with Gasteiger partial charge in [0.15, 0.2) is 0 Å². The standard InChI is InChI=1S/C21H18N6/c22-14-17-5-4-8-19(13-17)21-24-10-12-27(21)20(18-6-2-1-3-7-18)9-11-26-16-23-15-25-26/h1-8,10,12-13,15-16,20H,9,11H2/t20-/m0/s1. The minimum absolute atomic E-state index is 0.0960. The summed E-state index contributed by atoms with van der Waals surface area (Å²) in [7, 11) is 0. The number of aryl methyl sites for hydroxylation is 1. The fourth-order valence-corrected chi connectivity index (χ4v) is 3.26. The highest BCUT2D eigenvalue weighted by atomic mass is 15.3. The van der Waals surface area contributed by atoms with Crippen molar-refractivity contribution >= 4 is 0 Å². The number of rotatable bonds is 6. The van der Waals surface area contributed by atoms with Crippen molar-refractivity contribution in [2.45, 2.75) is 19.0 Å². The first-order valence-electron chi connectivity index (χ1n) is 8.76. The van der Waals surface area contributed by atoms with Crippen LogP contribution in [-0.2, 0) is 6.54 Å². The van der Waals surface area contributed by atoms with Crippen molar-refractivity contribution in [3.05, 3.63) is 90.8 Å². The zero-order chi connectivity index (χ0) is 18.5. The zero-order valence-electron chi connectivity index (χ0n) is 14.7. The van der Waals surface area contributed by atoms with E-state index in [9.17, 15) is 5.26 Å². The van der Waals surface area contributed by atoms with Crippen LogP contribution < -0.4 is 0 Å². The molecule has 0 amide bonds. The van der Waals surface area contributed by atoms with E-state index in [1.165, 1.54) is 5.56 Å². The maximum Gasteiger partial charge on any atom is 0.140 e. The third-order valence-electron chi connectivity index (χ3n) is 4.54. The van der Waals surface area contributed by atoms with Gasteiger partial charge in [0.1, 0.15) is 18.5 Å². The van der Waals surface area contributed by atoms with Crippen molar-refractivity contribution in [1.82, 2.24) is 24.3 Å². The molecule has 0 spiro atoms. The molecule has 0 saturated carbocycles. The molecule has 4 aromatic rings. The van der Waals surface area contributed by atoms with Crippen LogP contribution in [0.2, 0.25) is 0 Å². The quantitative estimate of drug-likeness (QED) is 0.529. The summed E-state index contributed by atoms with van der Waals surface area (Å²) in [6.45, 7) is 0.745. The fourth-order valence-electron chi connectivity index (χ4n) is 3.26. The molecule has 2 aromatic heterocycles. The maximum absolute atomic E-state index is 9.21. The predicted octanol–water partition coefficient (Wildman–Crippen LogP) is 3.69. The average Bonchev–Trinajstić information content (AvgIpc) is 3.41. The summed E-state index contributed by atoms with van der Waals surface area (Å²) in [4.78, 5) is 8.59. The summed E-state index contributed by atoms with van der Waals surface area (Å²) in [6, 6.07) is 20.2. The molecule has 0 aliphatic rings. The summed E-state index contributed by atoms with van der Waals surface area (Å²) < 4.78 is 4.01. The minimum Gasteiger partial charge on any atom is -0.323 e. The van der Waals surface area contributed by atoms with Gasteiger partial charge in [-0.15, -0.1) is 0 Å². The van der Waals surface area contributed by atoms with Crippen molar-refractivity contribution in [1.29, 1.82) is 5.26 Å². The van der Waals surface area contributed by atoms with Crippen LogP contribution in [0.25, 0.3) is 11.4 Å². The Labute approximate surface area is 157 Å². The van der Waals surface area contributed by atoms with E-state index in [2.05, 4.69) is 37.8 Å². The summed E-state index contributed by atoms with van der Waals surface area (Å²) in [5.41, 5.74) is 2.76. The Balaban J connectivity index is 1.72. The van der Waals surface area contributed by atoms with E-state index in [1.54, 1.807) is 24.9 Å². The van der Waals surface area contributed by atoms with Gasteiger partial charge in [0.05, 0.1) is 17.7 Å². The molecule has 0 N–H and O–H groups in total. The van der Waals surface area contributed by atoms with E-state index >= 15 is 0 Å². The van der Waals surface area contributed by atoms with E-state index in [0.29, 0.717) is 5.56 Å². The smallest absolute Gasteiger partial charge is 0.140 e. The van der Waals surface area contributed by atoms with Crippen LogP contribution in [0, 0.1) is 11.3 Å². The first kappa shape index (κ1) is 16.7. The van der Waals surface area contributed by atoms with Crippen molar-refractivity contribution in [3.8, 4) is 17.5 Å². The molecule has 2 aromatic carbocycles. The molecule has 0 aliphatic carbocycles. The highest BCUT2D eigenvalue weighted by molar-refractivity contribution is 5.58.